The molecule has 0 radical (unpaired) electrons. The van der Waals surface area contributed by atoms with Gasteiger partial charge in [-0.05, 0) is 53.5 Å². The molecule has 1 saturated carbocycles. The third-order valence-electron chi connectivity index (χ3n) is 7.25. The van der Waals surface area contributed by atoms with Crippen molar-refractivity contribution in [2.45, 2.75) is 91.1 Å². The first-order chi connectivity index (χ1) is 18.0. The molecule has 1 aliphatic carbocycles. The van der Waals surface area contributed by atoms with E-state index in [4.69, 9.17) is 19.1 Å². The molecule has 10 nitrogen and oxygen atoms in total. The van der Waals surface area contributed by atoms with Gasteiger partial charge in [-0.1, -0.05) is 19.8 Å². The number of unbranched alkanes of at least 4 members (excludes halogenated alkanes) is 2. The maximum absolute atomic E-state index is 10.9. The van der Waals surface area contributed by atoms with Gasteiger partial charge < -0.3 is 35.1 Å². The summed E-state index contributed by atoms with van der Waals surface area (Å²) in [5, 5.41) is 39.6. The summed E-state index contributed by atoms with van der Waals surface area (Å²) in [7, 11) is 0. The van der Waals surface area contributed by atoms with Crippen molar-refractivity contribution in [2.75, 3.05) is 23.8 Å². The molecule has 38 heavy (non-hydrogen) atoms. The van der Waals surface area contributed by atoms with Crippen molar-refractivity contribution in [2.24, 2.45) is 5.92 Å². The third-order valence-corrected chi connectivity index (χ3v) is 7.25. The van der Waals surface area contributed by atoms with Gasteiger partial charge >= 0.3 is 0 Å². The van der Waals surface area contributed by atoms with E-state index in [1.54, 1.807) is 13.8 Å². The number of ether oxygens (including phenoxy) is 1. The number of aliphatic hydroxyl groups excluding tert-OH is 2. The molecule has 3 aromatic rings. The average Bonchev–Trinajstić information content (AvgIpc) is 3.38. The van der Waals surface area contributed by atoms with Crippen LogP contribution < -0.4 is 15.4 Å². The van der Waals surface area contributed by atoms with Crippen molar-refractivity contribution >= 4 is 22.7 Å². The normalized spacial score (nSPS) is 21.7. The molecule has 0 bridgehead atoms. The Hall–Kier alpha value is -2.95. The number of hydrogen-bond acceptors (Lipinski definition) is 10. The first-order valence-corrected chi connectivity index (χ1v) is 13.5. The van der Waals surface area contributed by atoms with Crippen LogP contribution in [0.3, 0.4) is 0 Å². The van der Waals surface area contributed by atoms with Crippen LogP contribution in [0.1, 0.15) is 64.8 Å². The second-order valence-corrected chi connectivity index (χ2v) is 10.7. The summed E-state index contributed by atoms with van der Waals surface area (Å²) in [6.45, 7) is 12.4. The van der Waals surface area contributed by atoms with Crippen molar-refractivity contribution in [3.63, 3.8) is 0 Å². The number of aliphatic hydroxyl groups is 3. The Morgan fingerprint density at radius 1 is 1.05 bits per heavy atom. The Morgan fingerprint density at radius 3 is 2.47 bits per heavy atom. The van der Waals surface area contributed by atoms with Crippen molar-refractivity contribution < 1.29 is 24.5 Å². The molecule has 5 N–H and O–H groups in total. The predicted molar refractivity (Wildman–Crippen MR) is 148 cm³/mol. The van der Waals surface area contributed by atoms with Crippen molar-refractivity contribution in [3.05, 3.63) is 23.5 Å². The SMILES string of the molecule is CCCCCNc1nc(C)c(-c2cc3cc(OCC)nc(C)c3o2)c(NC2CC(C(C)(C)O)C(O)C2O)n1. The van der Waals surface area contributed by atoms with Crippen molar-refractivity contribution in [1.82, 2.24) is 15.0 Å². The Labute approximate surface area is 223 Å². The molecule has 0 aromatic carbocycles. The van der Waals surface area contributed by atoms with Gasteiger partial charge in [-0.2, -0.15) is 4.98 Å². The fraction of sp³-hybridized carbons (Fsp3) is 0.607. The Morgan fingerprint density at radius 2 is 1.82 bits per heavy atom. The number of pyridine rings is 1. The predicted octanol–water partition coefficient (Wildman–Crippen LogP) is 4.20. The summed E-state index contributed by atoms with van der Waals surface area (Å²) in [5.41, 5.74) is 1.57. The van der Waals surface area contributed by atoms with Gasteiger partial charge in [-0.3, -0.25) is 0 Å². The van der Waals surface area contributed by atoms with Gasteiger partial charge in [-0.25, -0.2) is 9.97 Å². The van der Waals surface area contributed by atoms with Crippen LogP contribution in [0, 0.1) is 19.8 Å². The Balaban J connectivity index is 1.74. The minimum absolute atomic E-state index is 0.370. The summed E-state index contributed by atoms with van der Waals surface area (Å²) in [4.78, 5) is 13.9. The first kappa shape index (κ1) is 28.1. The molecule has 0 amide bonds. The smallest absolute Gasteiger partial charge is 0.224 e. The van der Waals surface area contributed by atoms with Gasteiger partial charge in [0.1, 0.15) is 17.7 Å². The fourth-order valence-corrected chi connectivity index (χ4v) is 5.20. The third kappa shape index (κ3) is 5.87. The van der Waals surface area contributed by atoms with Crippen LogP contribution in [0.15, 0.2) is 16.5 Å². The molecule has 4 atom stereocenters. The van der Waals surface area contributed by atoms with E-state index in [2.05, 4.69) is 22.5 Å². The Bertz CT molecular complexity index is 1250. The first-order valence-electron chi connectivity index (χ1n) is 13.5. The zero-order valence-corrected chi connectivity index (χ0v) is 23.2. The second kappa shape index (κ2) is 11.4. The lowest BCUT2D eigenvalue weighted by Gasteiger charge is -2.28. The molecule has 0 saturated heterocycles. The molecular weight excluding hydrogens is 486 g/mol. The monoisotopic (exact) mass is 527 g/mol. The summed E-state index contributed by atoms with van der Waals surface area (Å²) < 4.78 is 11.9. The maximum atomic E-state index is 10.9. The van der Waals surface area contributed by atoms with Crippen LogP contribution in [-0.4, -0.2) is 67.3 Å². The number of furan rings is 1. The lowest BCUT2D eigenvalue weighted by molar-refractivity contribution is -0.0601. The van der Waals surface area contributed by atoms with E-state index in [1.165, 1.54) is 0 Å². The average molecular weight is 528 g/mol. The molecule has 10 heteroatoms. The van der Waals surface area contributed by atoms with Gasteiger partial charge in [0.25, 0.3) is 0 Å². The van der Waals surface area contributed by atoms with Crippen LogP contribution in [0.25, 0.3) is 22.3 Å². The fourth-order valence-electron chi connectivity index (χ4n) is 5.20. The maximum Gasteiger partial charge on any atom is 0.224 e. The van der Waals surface area contributed by atoms with E-state index in [0.717, 1.165) is 31.2 Å². The summed E-state index contributed by atoms with van der Waals surface area (Å²) in [6.07, 6.45) is 1.45. The lowest BCUT2D eigenvalue weighted by atomic mass is 9.88. The van der Waals surface area contributed by atoms with E-state index >= 15 is 0 Å². The zero-order valence-electron chi connectivity index (χ0n) is 23.2. The number of rotatable bonds is 11. The van der Waals surface area contributed by atoms with Crippen molar-refractivity contribution in [3.8, 4) is 17.2 Å². The van der Waals surface area contributed by atoms with Gasteiger partial charge in [0.05, 0.1) is 41.3 Å². The van der Waals surface area contributed by atoms with E-state index in [9.17, 15) is 15.3 Å². The van der Waals surface area contributed by atoms with Gasteiger partial charge in [-0.15, -0.1) is 0 Å². The highest BCUT2D eigenvalue weighted by atomic mass is 16.5. The highest BCUT2D eigenvalue weighted by Gasteiger charge is 2.48. The molecule has 4 unspecified atom stereocenters. The van der Waals surface area contributed by atoms with Crippen LogP contribution >= 0.6 is 0 Å². The van der Waals surface area contributed by atoms with E-state index in [1.807, 2.05) is 32.9 Å². The van der Waals surface area contributed by atoms with Gasteiger partial charge in [0.2, 0.25) is 11.8 Å². The molecular formula is C28H41N5O5. The summed E-state index contributed by atoms with van der Waals surface area (Å²) in [6, 6.07) is 3.23. The number of hydrogen-bond donors (Lipinski definition) is 5. The number of nitrogens with zero attached hydrogens (tertiary/aromatic N) is 3. The Kier molecular flexibility index (Phi) is 8.44. The number of anilines is 2. The van der Waals surface area contributed by atoms with E-state index in [-0.39, 0.29) is 0 Å². The molecule has 1 aliphatic rings. The van der Waals surface area contributed by atoms with E-state index < -0.39 is 29.8 Å². The quantitative estimate of drug-likeness (QED) is 0.230. The molecule has 3 heterocycles. The number of aryl methyl sites for hydroxylation is 2. The molecule has 208 valence electrons. The largest absolute Gasteiger partial charge is 0.478 e. The van der Waals surface area contributed by atoms with Crippen molar-refractivity contribution in [1.29, 1.82) is 0 Å². The molecule has 0 aliphatic heterocycles. The van der Waals surface area contributed by atoms with Gasteiger partial charge in [0.15, 0.2) is 5.58 Å². The van der Waals surface area contributed by atoms with Crippen LogP contribution in [0.4, 0.5) is 11.8 Å². The number of nitrogens with one attached hydrogen (secondary N) is 2. The van der Waals surface area contributed by atoms with Crippen LogP contribution in [-0.2, 0) is 0 Å². The minimum Gasteiger partial charge on any atom is -0.478 e. The molecule has 4 rings (SSSR count). The minimum atomic E-state index is -1.14. The topological polar surface area (TPSA) is 146 Å². The zero-order chi connectivity index (χ0) is 27.6. The highest BCUT2D eigenvalue weighted by molar-refractivity contribution is 5.88. The lowest BCUT2D eigenvalue weighted by Crippen LogP contribution is -2.40. The summed E-state index contributed by atoms with van der Waals surface area (Å²) >= 11 is 0. The number of aromatic nitrogens is 3. The van der Waals surface area contributed by atoms with Crippen LogP contribution in [0.2, 0.25) is 0 Å². The number of fused-ring (bicyclic) bond motifs is 1. The second-order valence-electron chi connectivity index (χ2n) is 10.7. The molecule has 0 spiro atoms. The standard InChI is InChI=1S/C28H41N5O5/c1-7-9-10-11-29-27-31-15(3)22(20-12-17-13-21(37-8-2)30-16(4)25(17)38-20)26(33-27)32-19-14-18(28(5,6)36)23(34)24(19)35/h12-13,18-19,23-24,34-36H,7-11,14H2,1-6H3,(H2,29,31,32,33). The van der Waals surface area contributed by atoms with E-state index in [0.29, 0.717) is 59.0 Å². The highest BCUT2D eigenvalue weighted by Crippen LogP contribution is 2.40. The van der Waals surface area contributed by atoms with Crippen LogP contribution in [0.5, 0.6) is 5.88 Å². The molecule has 3 aromatic heterocycles. The summed E-state index contributed by atoms with van der Waals surface area (Å²) in [5.74, 6) is 1.55. The van der Waals surface area contributed by atoms with Gasteiger partial charge in [0, 0.05) is 23.9 Å². The molecule has 1 fully saturated rings.